The molecule has 0 aromatic heterocycles. The zero-order valence-electron chi connectivity index (χ0n) is 131. The lowest BCUT2D eigenvalue weighted by molar-refractivity contribution is -0.130. The van der Waals surface area contributed by atoms with Gasteiger partial charge >= 0.3 is 0 Å². The van der Waals surface area contributed by atoms with Gasteiger partial charge in [-0.3, -0.25) is 48.5 Å². The smallest absolute Gasteiger partial charge is 0.161 e. The Morgan fingerprint density at radius 3 is 1.10 bits per heavy atom. The van der Waals surface area contributed by atoms with Gasteiger partial charge in [0.05, 0.1) is 113 Å². The topological polar surface area (TPSA) is 194 Å². The van der Waals surface area contributed by atoms with Crippen molar-refractivity contribution in [3.8, 4) is 57.5 Å². The minimum atomic E-state index is -4.20. The van der Waals surface area contributed by atoms with E-state index in [0.29, 0.717) is 66.8 Å². The number of carbonyl (C=O) groups excluding carboxylic acids is 5. The first-order valence-electron chi connectivity index (χ1n) is 70.2. The van der Waals surface area contributed by atoms with Gasteiger partial charge in [-0.2, -0.15) is 0 Å². The van der Waals surface area contributed by atoms with E-state index in [9.17, 15) is 24.0 Å². The van der Waals surface area contributed by atoms with Crippen molar-refractivity contribution in [1.82, 2.24) is 24.5 Å². The summed E-state index contributed by atoms with van der Waals surface area (Å²) in [5.41, 5.74) is 1.49. The molecule has 0 N–H and O–H groups in total. The molecule has 0 aliphatic carbocycles. The van der Waals surface area contributed by atoms with Crippen molar-refractivity contribution in [3.05, 3.63) is 116 Å². The molecule has 0 amide bonds. The zero-order chi connectivity index (χ0) is 140. The van der Waals surface area contributed by atoms with Crippen LogP contribution in [0.4, 0.5) is 0 Å². The Kier molecular flexibility index (Phi) is 15.2. The van der Waals surface area contributed by atoms with E-state index in [-0.39, 0.29) is 148 Å². The van der Waals surface area contributed by atoms with Gasteiger partial charge in [-0.1, -0.05) is 104 Å². The van der Waals surface area contributed by atoms with Crippen LogP contribution in [-0.2, 0) is 56.0 Å². The number of benzene rings is 5. The number of carbonyl (C=O) groups is 5. The predicted molar refractivity (Wildman–Crippen MR) is 480 cm³/mol. The van der Waals surface area contributed by atoms with Crippen molar-refractivity contribution in [2.45, 2.75) is 230 Å². The van der Waals surface area contributed by atoms with E-state index in [1.165, 1.54) is 24.3 Å². The molecule has 0 bridgehead atoms. The molecule has 12 unspecified atom stereocenters. The SMILES string of the molecule is C.C.C.[2H]C([2H])([2H])Oc1cc2c(cc1OC([2H])([2H])[2H])C([2H])([2H])C([2H])([2H])N1CC(CC(C)C)C(=O)CC21[2H].[2H]C([2H])([2H])Oc1cc2c(cc1OC([2H])([2H])[2H])C1CC(=O)C(C([2H])([2H])C([2H])(C([2H])([2H])[2H])C([2H])([2H])C)C([2H])([2H])N1CC2.[2H]C([2H])([2H])Oc1cc2c(cc1OC([2H])([2H])[2H])C1CC(=O)C(CC(C)C)C([2H])([2H])N1CC2.[2H]C([2H])([2H])Oc1cc2c(cc1OC([2H])([2H])[2H])C1N(CC2)C([2H])([2H])C([2H])(C([2H])([2H])C([2H])(C([2H])([2H])[2H])C([2H])([2H])C)C(=O)C1([2H])[2H].[2H]C([2H])([2H])Oc1cc2c(cc1OC([2H])([2H])[2H])C1N(CC2)C([2H])([2H])C([2H])(CC(C)C)C(=O)C1([2H])[2H]. The third-order valence-corrected chi connectivity index (χ3v) is 21.1. The third kappa shape index (κ3) is 22.6. The molecule has 10 aliphatic rings. The number of ketones is 5. The number of hydrogen-bond donors (Lipinski definition) is 0. The second kappa shape index (κ2) is 44.5. The minimum Gasteiger partial charge on any atom is -0.493 e. The van der Waals surface area contributed by atoms with Gasteiger partial charge in [-0.25, -0.2) is 0 Å². The van der Waals surface area contributed by atoms with E-state index >= 15 is 0 Å². The fraction of sp³-hybridized carbons (Fsp3) is 0.650. The summed E-state index contributed by atoms with van der Waals surface area (Å²) < 4.78 is 567. The summed E-state index contributed by atoms with van der Waals surface area (Å²) >= 11 is 0. The Morgan fingerprint density at radius 1 is 0.383 bits per heavy atom. The first-order chi connectivity index (χ1) is 80.9. The molecule has 20 heteroatoms. The number of nitrogens with zero attached hydrogens (tertiary/aromatic N) is 5. The van der Waals surface area contributed by atoms with Crippen LogP contribution in [0.2, 0.25) is 0 Å². The first-order valence-corrected chi connectivity index (χ1v) is 37.7. The van der Waals surface area contributed by atoms with Gasteiger partial charge in [0, 0.05) is 204 Å². The molecular formula is C100H151N5O15. The maximum absolute atomic E-state index is 13.9. The molecule has 12 atom stereocenters. The van der Waals surface area contributed by atoms with Gasteiger partial charge in [0.2, 0.25) is 0 Å². The quantitative estimate of drug-likeness (QED) is 0.0634. The lowest BCUT2D eigenvalue weighted by Crippen LogP contribution is -2.46. The Bertz CT molecular complexity index is 7110. The standard InChI is InChI=1S/2C20H29NO3.3C19H27NO3.3CH4/c2*1-5-13(2)8-15-12-21-7-6-14-9-19(23-3)20(24-4)10-16(14)17(21)11-18(15)22;3*1-12(2)7-14-11-20-6-5-13-8-18(22-3)19(23-4)9-15(13)16(20)10-17(14)21;;;/h2*9-10,13,15,17H,5-8,11-12H2,1-4H3;3*8-9,12,14,16H,5-7,10-11H2,1-4H3;3*1H4/i2D3,3D3,4D3,5D2,8D2,11D2,12D2,13D,15D;2D3,3D3,4D3,5D2,8D2,12D2,13D;3D3,4D3,10D2,11D2,14D;3D3,4D3,5D2,6D2,16D;3D3,4D3,11D2;;;. The van der Waals surface area contributed by atoms with Crippen LogP contribution in [0.1, 0.15) is 343 Å². The molecule has 5 aromatic rings. The lowest BCUT2D eigenvalue weighted by atomic mass is 9.79. The fourth-order valence-electron chi connectivity index (χ4n) is 15.5. The van der Waals surface area contributed by atoms with Gasteiger partial charge in [0.25, 0.3) is 0 Å². The minimum absolute atomic E-state index is 0. The highest BCUT2D eigenvalue weighted by Gasteiger charge is 2.45. The number of piperidine rings is 5. The summed E-state index contributed by atoms with van der Waals surface area (Å²) in [4.78, 5) is 72.0. The number of Topliss-reactive ketones (excluding diaryl/α,β-unsaturated/α-hetero) is 5. The van der Waals surface area contributed by atoms with Gasteiger partial charge in [0.1, 0.15) is 28.9 Å². The Labute approximate surface area is 812 Å². The molecule has 5 fully saturated rings. The molecule has 0 saturated carbocycles. The molecule has 5 aromatic carbocycles. The molecular weight excluding hydrogens is 1510 g/mol. The van der Waals surface area contributed by atoms with Gasteiger partial charge < -0.3 is 47.4 Å². The number of hydrogen-bond acceptors (Lipinski definition) is 20. The van der Waals surface area contributed by atoms with E-state index in [1.807, 2.05) is 27.7 Å². The maximum Gasteiger partial charge on any atom is 0.161 e. The molecule has 0 radical (unpaired) electrons. The van der Waals surface area contributed by atoms with Crippen LogP contribution >= 0.6 is 0 Å². The molecule has 15 rings (SSSR count). The molecule has 10 heterocycles. The monoisotopic (exact) mass is 1730 g/mol. The summed E-state index contributed by atoms with van der Waals surface area (Å²) in [5, 5.41) is 0. The highest BCUT2D eigenvalue weighted by molar-refractivity contribution is 5.86. The lowest BCUT2D eigenvalue weighted by Gasteiger charge is -2.43. The number of methoxy groups -OCH3 is 10. The molecule has 5 saturated heterocycles. The van der Waals surface area contributed by atoms with E-state index in [0.717, 1.165) is 51.1 Å². The fourth-order valence-corrected chi connectivity index (χ4v) is 15.5. The first kappa shape index (κ1) is 40.9. The van der Waals surface area contributed by atoms with Crippen LogP contribution in [0, 0.1) is 59.1 Å². The molecule has 20 nitrogen and oxygen atoms in total. The summed E-state index contributed by atoms with van der Waals surface area (Å²) in [6.07, 6.45) is -22.9. The van der Waals surface area contributed by atoms with Crippen molar-refractivity contribution in [3.63, 3.8) is 0 Å². The number of ether oxygens (including phenoxy) is 10. The summed E-state index contributed by atoms with van der Waals surface area (Å²) in [6.45, 7) is -9.35. The van der Waals surface area contributed by atoms with Crippen molar-refractivity contribution in [2.75, 3.05) is 136 Å². The van der Waals surface area contributed by atoms with Crippen molar-refractivity contribution < 1.29 is 160 Å². The third-order valence-electron chi connectivity index (χ3n) is 21.1. The summed E-state index contributed by atoms with van der Waals surface area (Å²) in [7, 11) is -29.9. The Hall–Kier alpha value is -7.75. The predicted octanol–water partition coefficient (Wildman–Crippen LogP) is 18.9. The average molecular weight is 1730 g/mol. The maximum atomic E-state index is 13.9. The average Bonchev–Trinajstić information content (AvgIpc) is 0.657. The molecule has 666 valence electrons. The van der Waals surface area contributed by atoms with Crippen LogP contribution in [0.25, 0.3) is 0 Å². The Balaban J connectivity index is 0.000000277. The molecule has 0 spiro atoms. The van der Waals surface area contributed by atoms with E-state index < -0.39 is 315 Å². The van der Waals surface area contributed by atoms with Crippen LogP contribution in [0.3, 0.4) is 0 Å². The summed E-state index contributed by atoms with van der Waals surface area (Å²) in [5.74, 6) is -27.3. The largest absolute Gasteiger partial charge is 0.493 e. The molecule has 120 heavy (non-hydrogen) atoms. The zero-order valence-corrected chi connectivity index (χ0v) is 65.5. The van der Waals surface area contributed by atoms with Crippen LogP contribution in [0.15, 0.2) is 60.7 Å². The number of aryl methyl sites for hydroxylation is 1. The van der Waals surface area contributed by atoms with Gasteiger partial charge in [-0.15, -0.1) is 0 Å². The second-order valence-corrected chi connectivity index (χ2v) is 30.1. The normalized spacial score (nSPS) is 39.4. The van der Waals surface area contributed by atoms with Gasteiger partial charge in [-0.05, 0) is 210 Å². The van der Waals surface area contributed by atoms with Crippen LogP contribution in [0.5, 0.6) is 57.5 Å². The van der Waals surface area contributed by atoms with Crippen molar-refractivity contribution in [2.24, 2.45) is 59.1 Å². The highest BCUT2D eigenvalue weighted by atomic mass is 16.5. The van der Waals surface area contributed by atoms with E-state index in [1.54, 1.807) is 18.7 Å². The van der Waals surface area contributed by atoms with Gasteiger partial charge in [0.15, 0.2) is 57.5 Å². The van der Waals surface area contributed by atoms with Crippen molar-refractivity contribution >= 4 is 28.9 Å². The van der Waals surface area contributed by atoms with E-state index in [4.69, 9.17) is 136 Å². The molecule has 10 aliphatic heterocycles. The Morgan fingerprint density at radius 2 is 0.708 bits per heavy atom. The van der Waals surface area contributed by atoms with Crippen LogP contribution < -0.4 is 47.4 Å². The number of fused-ring (bicyclic) bond motifs is 15. The van der Waals surface area contributed by atoms with Crippen LogP contribution in [-0.4, -0.2) is 189 Å². The van der Waals surface area contributed by atoms with Crippen molar-refractivity contribution in [1.29, 1.82) is 0 Å². The second-order valence-electron chi connectivity index (χ2n) is 30.1. The van der Waals surface area contributed by atoms with E-state index in [2.05, 4.69) is 0 Å². The highest BCUT2D eigenvalue weighted by Crippen LogP contribution is 2.49. The number of rotatable bonds is 22. The summed E-state index contributed by atoms with van der Waals surface area (Å²) in [6, 6.07) is 3.91.